The zero-order chi connectivity index (χ0) is 25.9. The molecular formula is C28H29FN4O3. The SMILES string of the molecule is CC[C@H](NC(=O)OC(C)(C)C)c1nc2cccc(F)c2c(=O)n1N(c1ccccc1)c1ccccc1. The van der Waals surface area contributed by atoms with Crippen molar-refractivity contribution in [2.45, 2.75) is 45.8 Å². The molecule has 0 fully saturated rings. The lowest BCUT2D eigenvalue weighted by Crippen LogP contribution is -2.43. The van der Waals surface area contributed by atoms with Crippen LogP contribution in [0.3, 0.4) is 0 Å². The molecule has 7 nitrogen and oxygen atoms in total. The van der Waals surface area contributed by atoms with E-state index in [4.69, 9.17) is 9.72 Å². The highest BCUT2D eigenvalue weighted by molar-refractivity contribution is 5.79. The zero-order valence-corrected chi connectivity index (χ0v) is 20.7. The van der Waals surface area contributed by atoms with Gasteiger partial charge in [0.2, 0.25) is 0 Å². The molecule has 1 amide bonds. The van der Waals surface area contributed by atoms with Gasteiger partial charge >= 0.3 is 6.09 Å². The Morgan fingerprint density at radius 3 is 2.11 bits per heavy atom. The van der Waals surface area contributed by atoms with Gasteiger partial charge in [0.05, 0.1) is 22.9 Å². The van der Waals surface area contributed by atoms with Crippen molar-refractivity contribution in [3.05, 3.63) is 101 Å². The lowest BCUT2D eigenvalue weighted by Gasteiger charge is -2.31. The third-order valence-corrected chi connectivity index (χ3v) is 5.46. The Labute approximate surface area is 209 Å². The molecule has 0 aliphatic rings. The molecule has 36 heavy (non-hydrogen) atoms. The first-order valence-corrected chi connectivity index (χ1v) is 11.8. The lowest BCUT2D eigenvalue weighted by molar-refractivity contribution is 0.0498. The Bertz CT molecular complexity index is 1380. The van der Waals surface area contributed by atoms with Gasteiger partial charge in [-0.15, -0.1) is 0 Å². The van der Waals surface area contributed by atoms with E-state index in [9.17, 15) is 14.0 Å². The first kappa shape index (κ1) is 24.9. The number of hydrogen-bond acceptors (Lipinski definition) is 5. The van der Waals surface area contributed by atoms with Crippen LogP contribution in [0.15, 0.2) is 83.7 Å². The second-order valence-corrected chi connectivity index (χ2v) is 9.31. The number of carbonyl (C=O) groups excluding carboxylic acids is 1. The van der Waals surface area contributed by atoms with E-state index in [1.807, 2.05) is 67.6 Å². The Morgan fingerprint density at radius 1 is 1.00 bits per heavy atom. The minimum absolute atomic E-state index is 0.134. The number of rotatable bonds is 6. The summed E-state index contributed by atoms with van der Waals surface area (Å²) in [5.74, 6) is -0.418. The van der Waals surface area contributed by atoms with E-state index in [0.29, 0.717) is 17.8 Å². The van der Waals surface area contributed by atoms with Gasteiger partial charge in [-0.25, -0.2) is 19.2 Å². The summed E-state index contributed by atoms with van der Waals surface area (Å²) in [6.45, 7) is 7.18. The van der Waals surface area contributed by atoms with E-state index in [-0.39, 0.29) is 16.7 Å². The maximum Gasteiger partial charge on any atom is 0.408 e. The van der Waals surface area contributed by atoms with Crippen LogP contribution in [-0.2, 0) is 4.74 Å². The highest BCUT2D eigenvalue weighted by Gasteiger charge is 2.28. The molecule has 8 heteroatoms. The fraction of sp³-hybridized carbons (Fsp3) is 0.250. The monoisotopic (exact) mass is 488 g/mol. The molecule has 0 aliphatic carbocycles. The smallest absolute Gasteiger partial charge is 0.408 e. The largest absolute Gasteiger partial charge is 0.444 e. The predicted molar refractivity (Wildman–Crippen MR) is 139 cm³/mol. The van der Waals surface area contributed by atoms with Crippen LogP contribution in [0, 0.1) is 5.82 Å². The topological polar surface area (TPSA) is 76.5 Å². The third-order valence-electron chi connectivity index (χ3n) is 5.46. The molecule has 0 unspecified atom stereocenters. The number of benzene rings is 3. The number of halogens is 1. The quantitative estimate of drug-likeness (QED) is 0.354. The minimum Gasteiger partial charge on any atom is -0.444 e. The molecule has 1 N–H and O–H groups in total. The normalized spacial score (nSPS) is 12.2. The number of nitrogens with one attached hydrogen (secondary N) is 1. The standard InChI is InChI=1S/C28H29FN4O3/c1-5-22(31-27(35)36-28(2,3)4)25-30-23-18-12-17-21(29)24(23)26(34)33(25)32(19-13-8-6-9-14-19)20-15-10-7-11-16-20/h6-18,22H,5H2,1-4H3,(H,31,35)/t22-/m0/s1. The van der Waals surface area contributed by atoms with Gasteiger partial charge in [0, 0.05) is 0 Å². The molecule has 186 valence electrons. The Hall–Kier alpha value is -4.20. The number of para-hydroxylation sites is 2. The molecule has 1 atom stereocenters. The molecule has 4 aromatic rings. The van der Waals surface area contributed by atoms with Crippen LogP contribution in [0.1, 0.15) is 46.0 Å². The maximum atomic E-state index is 14.9. The number of carbonyl (C=O) groups is 1. The highest BCUT2D eigenvalue weighted by Crippen LogP contribution is 2.29. The third kappa shape index (κ3) is 5.22. The van der Waals surface area contributed by atoms with Gasteiger partial charge in [0.15, 0.2) is 5.82 Å². The molecule has 0 bridgehead atoms. The minimum atomic E-state index is -0.706. The summed E-state index contributed by atoms with van der Waals surface area (Å²) in [6.07, 6.45) is -0.232. The second-order valence-electron chi connectivity index (χ2n) is 9.31. The molecular weight excluding hydrogens is 459 g/mol. The molecule has 0 aliphatic heterocycles. The van der Waals surface area contributed by atoms with Gasteiger partial charge in [-0.1, -0.05) is 49.4 Å². The van der Waals surface area contributed by atoms with Crippen LogP contribution < -0.4 is 15.9 Å². The molecule has 0 radical (unpaired) electrons. The molecule has 0 saturated heterocycles. The summed E-state index contributed by atoms with van der Waals surface area (Å²) < 4.78 is 21.7. The zero-order valence-electron chi connectivity index (χ0n) is 20.7. The van der Waals surface area contributed by atoms with Crippen molar-refractivity contribution >= 4 is 28.4 Å². The highest BCUT2D eigenvalue weighted by atomic mass is 19.1. The van der Waals surface area contributed by atoms with Crippen LogP contribution in [-0.4, -0.2) is 21.4 Å². The van der Waals surface area contributed by atoms with E-state index < -0.39 is 29.1 Å². The van der Waals surface area contributed by atoms with E-state index in [1.54, 1.807) is 31.8 Å². The number of nitrogens with zero attached hydrogens (tertiary/aromatic N) is 3. The lowest BCUT2D eigenvalue weighted by atomic mass is 10.1. The number of amides is 1. The van der Waals surface area contributed by atoms with Gasteiger partial charge in [0.1, 0.15) is 16.8 Å². The van der Waals surface area contributed by atoms with Gasteiger partial charge in [-0.3, -0.25) is 4.79 Å². The van der Waals surface area contributed by atoms with Gasteiger partial charge in [-0.05, 0) is 63.6 Å². The number of alkyl carbamates (subject to hydrolysis) is 1. The van der Waals surface area contributed by atoms with E-state index in [1.165, 1.54) is 16.8 Å². The average molecular weight is 489 g/mol. The first-order chi connectivity index (χ1) is 17.2. The van der Waals surface area contributed by atoms with Crippen molar-refractivity contribution < 1.29 is 13.9 Å². The van der Waals surface area contributed by atoms with Crippen molar-refractivity contribution in [2.75, 3.05) is 5.01 Å². The summed E-state index contributed by atoms with van der Waals surface area (Å²) in [6, 6.07) is 22.1. The average Bonchev–Trinajstić information content (AvgIpc) is 2.84. The molecule has 1 heterocycles. The molecule has 0 spiro atoms. The number of ether oxygens (including phenoxy) is 1. The Kier molecular flexibility index (Phi) is 7.05. The van der Waals surface area contributed by atoms with Crippen molar-refractivity contribution in [1.29, 1.82) is 0 Å². The molecule has 0 saturated carbocycles. The number of anilines is 2. The summed E-state index contributed by atoms with van der Waals surface area (Å²) in [7, 11) is 0. The summed E-state index contributed by atoms with van der Waals surface area (Å²) in [4.78, 5) is 31.4. The van der Waals surface area contributed by atoms with Gasteiger partial charge in [-0.2, -0.15) is 4.68 Å². The molecule has 1 aromatic heterocycles. The van der Waals surface area contributed by atoms with Crippen molar-refractivity contribution in [2.24, 2.45) is 0 Å². The van der Waals surface area contributed by atoms with E-state index in [2.05, 4.69) is 5.32 Å². The van der Waals surface area contributed by atoms with Crippen LogP contribution >= 0.6 is 0 Å². The predicted octanol–water partition coefficient (Wildman–Crippen LogP) is 6.11. The maximum absolute atomic E-state index is 14.9. The van der Waals surface area contributed by atoms with Crippen molar-refractivity contribution in [3.8, 4) is 0 Å². The fourth-order valence-electron chi connectivity index (χ4n) is 3.93. The summed E-state index contributed by atoms with van der Waals surface area (Å²) >= 11 is 0. The second kappa shape index (κ2) is 10.2. The van der Waals surface area contributed by atoms with Gasteiger partial charge in [0.25, 0.3) is 5.56 Å². The fourth-order valence-corrected chi connectivity index (χ4v) is 3.93. The van der Waals surface area contributed by atoms with Crippen LogP contribution in [0.2, 0.25) is 0 Å². The first-order valence-electron chi connectivity index (χ1n) is 11.8. The van der Waals surface area contributed by atoms with Crippen molar-refractivity contribution in [3.63, 3.8) is 0 Å². The summed E-state index contributed by atoms with van der Waals surface area (Å²) in [5, 5.41) is 4.38. The van der Waals surface area contributed by atoms with Crippen LogP contribution in [0.4, 0.5) is 20.6 Å². The number of aromatic nitrogens is 2. The Morgan fingerprint density at radius 2 is 1.58 bits per heavy atom. The van der Waals surface area contributed by atoms with Crippen molar-refractivity contribution in [1.82, 2.24) is 15.0 Å². The van der Waals surface area contributed by atoms with Crippen LogP contribution in [0.5, 0.6) is 0 Å². The Balaban J connectivity index is 2.00. The van der Waals surface area contributed by atoms with E-state index in [0.717, 1.165) is 0 Å². The number of fused-ring (bicyclic) bond motifs is 1. The van der Waals surface area contributed by atoms with E-state index >= 15 is 0 Å². The number of hydrogen-bond donors (Lipinski definition) is 1. The summed E-state index contributed by atoms with van der Waals surface area (Å²) in [5.41, 5.74) is 0.234. The van der Waals surface area contributed by atoms with Gasteiger partial charge < -0.3 is 10.1 Å². The molecule has 3 aromatic carbocycles. The van der Waals surface area contributed by atoms with Crippen LogP contribution in [0.25, 0.3) is 10.9 Å². The molecule has 4 rings (SSSR count).